The normalized spacial score (nSPS) is 10.8. The Kier molecular flexibility index (Phi) is 8.21. The van der Waals surface area contributed by atoms with Crippen LogP contribution in [0.5, 0.6) is 0 Å². The first-order valence-corrected chi connectivity index (χ1v) is 6.26. The van der Waals surface area contributed by atoms with Gasteiger partial charge in [-0.3, -0.25) is 4.79 Å². The van der Waals surface area contributed by atoms with E-state index in [1.54, 1.807) is 18.2 Å². The highest BCUT2D eigenvalue weighted by Crippen LogP contribution is 2.11. The monoisotopic (exact) mass is 242 g/mol. The maximum Gasteiger partial charge on any atom is 0.193 e. The molecule has 96 valence electrons. The summed E-state index contributed by atoms with van der Waals surface area (Å²) >= 11 is 0. The Morgan fingerprint density at radius 2 is 1.72 bits per heavy atom. The molecule has 1 heteroatoms. The number of benzene rings is 1. The van der Waals surface area contributed by atoms with Crippen molar-refractivity contribution in [3.8, 4) is 0 Å². The van der Waals surface area contributed by atoms with Crippen LogP contribution in [0, 0.1) is 6.92 Å². The second-order valence-corrected chi connectivity index (χ2v) is 3.55. The number of hydrogen-bond acceptors (Lipinski definition) is 1. The van der Waals surface area contributed by atoms with Crippen LogP contribution in [-0.4, -0.2) is 5.78 Å². The van der Waals surface area contributed by atoms with Gasteiger partial charge in [0.05, 0.1) is 0 Å². The van der Waals surface area contributed by atoms with Gasteiger partial charge in [-0.1, -0.05) is 74.6 Å². The van der Waals surface area contributed by atoms with E-state index in [-0.39, 0.29) is 5.78 Å². The minimum absolute atomic E-state index is 0.0259. The molecule has 0 aliphatic heterocycles. The second-order valence-electron chi connectivity index (χ2n) is 3.55. The zero-order valence-electron chi connectivity index (χ0n) is 11.7. The van der Waals surface area contributed by atoms with Crippen molar-refractivity contribution in [1.29, 1.82) is 0 Å². The molecule has 1 rings (SSSR count). The summed E-state index contributed by atoms with van der Waals surface area (Å²) in [5.74, 6) is 0.0259. The molecule has 0 aliphatic rings. The summed E-state index contributed by atoms with van der Waals surface area (Å²) in [5, 5.41) is 0. The van der Waals surface area contributed by atoms with Crippen LogP contribution in [-0.2, 0) is 0 Å². The first-order chi connectivity index (χ1) is 8.69. The summed E-state index contributed by atoms with van der Waals surface area (Å²) in [6, 6.07) is 7.57. The molecule has 0 aliphatic carbocycles. The number of rotatable bonds is 4. The highest BCUT2D eigenvalue weighted by atomic mass is 16.1. The average Bonchev–Trinajstić information content (AvgIpc) is 2.41. The molecule has 1 nitrogen and oxygen atoms in total. The van der Waals surface area contributed by atoms with E-state index in [1.807, 2.05) is 58.0 Å². The number of aryl methyl sites for hydroxylation is 1. The molecule has 0 amide bonds. The summed E-state index contributed by atoms with van der Waals surface area (Å²) in [4.78, 5) is 12.1. The van der Waals surface area contributed by atoms with Gasteiger partial charge < -0.3 is 0 Å². The summed E-state index contributed by atoms with van der Waals surface area (Å²) in [6.07, 6.45) is 6.99. The zero-order chi connectivity index (χ0) is 14.0. The van der Waals surface area contributed by atoms with Crippen molar-refractivity contribution in [2.45, 2.75) is 27.7 Å². The van der Waals surface area contributed by atoms with Gasteiger partial charge in [-0.2, -0.15) is 0 Å². The van der Waals surface area contributed by atoms with E-state index in [4.69, 9.17) is 0 Å². The van der Waals surface area contributed by atoms with Crippen LogP contribution in [0.2, 0.25) is 0 Å². The van der Waals surface area contributed by atoms with Gasteiger partial charge in [0.1, 0.15) is 0 Å². The molecule has 1 aromatic carbocycles. The Labute approximate surface area is 111 Å². The number of Topliss-reactive ketones (excluding diaryl/α,β-unsaturated/α-hetero) is 1. The largest absolute Gasteiger partial charge is 0.289 e. The molecule has 0 spiro atoms. The molecule has 0 radical (unpaired) electrons. The van der Waals surface area contributed by atoms with Crippen molar-refractivity contribution in [2.24, 2.45) is 0 Å². The summed E-state index contributed by atoms with van der Waals surface area (Å²) in [5.41, 5.74) is 2.51. The van der Waals surface area contributed by atoms with Crippen LogP contribution in [0.1, 0.15) is 36.7 Å². The van der Waals surface area contributed by atoms with E-state index in [2.05, 4.69) is 6.58 Å². The molecule has 0 saturated heterocycles. The van der Waals surface area contributed by atoms with Crippen molar-refractivity contribution < 1.29 is 4.79 Å². The van der Waals surface area contributed by atoms with Crippen LogP contribution in [0.25, 0.3) is 0 Å². The SMILES string of the molecule is C=C/C=C(\C=C/C)C(=O)c1ccc(C)cc1.CC. The maximum absolute atomic E-state index is 12.1. The second kappa shape index (κ2) is 9.17. The van der Waals surface area contributed by atoms with Crippen LogP contribution >= 0.6 is 0 Å². The highest BCUT2D eigenvalue weighted by molar-refractivity contribution is 6.10. The quantitative estimate of drug-likeness (QED) is 0.417. The standard InChI is InChI=1S/C15H16O.C2H6/c1-4-6-13(7-5-2)15(16)14-10-8-12(3)9-11-14;1-2/h4-11H,1H2,2-3H3;1-2H3/b7-5-,13-6+;. The van der Waals surface area contributed by atoms with Crippen LogP contribution in [0.15, 0.2) is 60.7 Å². The zero-order valence-corrected chi connectivity index (χ0v) is 11.7. The summed E-state index contributed by atoms with van der Waals surface area (Å²) in [6.45, 7) is 11.5. The fourth-order valence-corrected chi connectivity index (χ4v) is 1.39. The smallest absolute Gasteiger partial charge is 0.193 e. The molecule has 0 aromatic heterocycles. The molecule has 0 atom stereocenters. The lowest BCUT2D eigenvalue weighted by Gasteiger charge is -2.01. The molecule has 0 saturated carbocycles. The van der Waals surface area contributed by atoms with E-state index >= 15 is 0 Å². The Morgan fingerprint density at radius 1 is 1.17 bits per heavy atom. The fourth-order valence-electron chi connectivity index (χ4n) is 1.39. The lowest BCUT2D eigenvalue weighted by molar-refractivity contribution is 0.103. The Morgan fingerprint density at radius 3 is 2.17 bits per heavy atom. The Balaban J connectivity index is 0.00000137. The predicted molar refractivity (Wildman–Crippen MR) is 80.0 cm³/mol. The molecular formula is C17H22O. The van der Waals surface area contributed by atoms with Crippen LogP contribution in [0.3, 0.4) is 0 Å². The van der Waals surface area contributed by atoms with E-state index in [1.165, 1.54) is 0 Å². The van der Waals surface area contributed by atoms with E-state index in [9.17, 15) is 4.79 Å². The van der Waals surface area contributed by atoms with Gasteiger partial charge in [-0.05, 0) is 13.8 Å². The number of allylic oxidation sites excluding steroid dienone is 5. The van der Waals surface area contributed by atoms with Gasteiger partial charge in [0.15, 0.2) is 5.78 Å². The minimum atomic E-state index is 0.0259. The number of hydrogen-bond donors (Lipinski definition) is 0. The van der Waals surface area contributed by atoms with Gasteiger partial charge in [-0.15, -0.1) is 0 Å². The third-order valence-electron chi connectivity index (χ3n) is 2.22. The molecular weight excluding hydrogens is 220 g/mol. The van der Waals surface area contributed by atoms with E-state index in [0.29, 0.717) is 11.1 Å². The fraction of sp³-hybridized carbons (Fsp3) is 0.235. The van der Waals surface area contributed by atoms with Crippen molar-refractivity contribution in [3.63, 3.8) is 0 Å². The van der Waals surface area contributed by atoms with Crippen LogP contribution < -0.4 is 0 Å². The van der Waals surface area contributed by atoms with Crippen molar-refractivity contribution >= 4 is 5.78 Å². The maximum atomic E-state index is 12.1. The molecule has 0 unspecified atom stereocenters. The lowest BCUT2D eigenvalue weighted by Crippen LogP contribution is -2.01. The number of carbonyl (C=O) groups is 1. The van der Waals surface area contributed by atoms with E-state index < -0.39 is 0 Å². The van der Waals surface area contributed by atoms with Gasteiger partial charge in [0.2, 0.25) is 0 Å². The number of carbonyl (C=O) groups excluding carboxylic acids is 1. The first kappa shape index (κ1) is 16.1. The Hall–Kier alpha value is -1.89. The predicted octanol–water partition coefficient (Wildman–Crippen LogP) is 4.89. The molecule has 0 heterocycles. The van der Waals surface area contributed by atoms with Gasteiger partial charge in [0, 0.05) is 11.1 Å². The molecule has 0 bridgehead atoms. The minimum Gasteiger partial charge on any atom is -0.289 e. The van der Waals surface area contributed by atoms with Gasteiger partial charge >= 0.3 is 0 Å². The molecule has 1 aromatic rings. The molecule has 0 N–H and O–H groups in total. The third kappa shape index (κ3) is 4.96. The highest BCUT2D eigenvalue weighted by Gasteiger charge is 2.08. The summed E-state index contributed by atoms with van der Waals surface area (Å²) in [7, 11) is 0. The van der Waals surface area contributed by atoms with Crippen LogP contribution in [0.4, 0.5) is 0 Å². The van der Waals surface area contributed by atoms with Crippen molar-refractivity contribution in [1.82, 2.24) is 0 Å². The third-order valence-corrected chi connectivity index (χ3v) is 2.22. The van der Waals surface area contributed by atoms with Gasteiger partial charge in [-0.25, -0.2) is 0 Å². The van der Waals surface area contributed by atoms with Crippen molar-refractivity contribution in [3.05, 3.63) is 71.8 Å². The first-order valence-electron chi connectivity index (χ1n) is 6.26. The van der Waals surface area contributed by atoms with Gasteiger partial charge in [0.25, 0.3) is 0 Å². The molecule has 18 heavy (non-hydrogen) atoms. The topological polar surface area (TPSA) is 17.1 Å². The molecule has 0 fully saturated rings. The Bertz CT molecular complexity index is 433. The van der Waals surface area contributed by atoms with E-state index in [0.717, 1.165) is 5.56 Å². The summed E-state index contributed by atoms with van der Waals surface area (Å²) < 4.78 is 0. The average molecular weight is 242 g/mol. The van der Waals surface area contributed by atoms with Crippen molar-refractivity contribution in [2.75, 3.05) is 0 Å². The number of ketones is 1. The lowest BCUT2D eigenvalue weighted by atomic mass is 10.0.